The monoisotopic (exact) mass is 600 g/mol. The summed E-state index contributed by atoms with van der Waals surface area (Å²) < 4.78 is 67.2. The fourth-order valence-electron chi connectivity index (χ4n) is 3.26. The zero-order valence-corrected chi connectivity index (χ0v) is 24.0. The molecular formula is C24H36N6O8S2. The van der Waals surface area contributed by atoms with E-state index in [-0.39, 0.29) is 24.5 Å². The molecule has 2 rings (SSSR count). The largest absolute Gasteiger partial charge is 0.494 e. The SMILES string of the molecule is CCOc1ccc(NS(=O)(=O)NC(=O)NCCCCCCNC(=O)NS(=O)(=O)Nc2ccc(OCC)cc2)cc1. The van der Waals surface area contributed by atoms with Crippen molar-refractivity contribution in [2.24, 2.45) is 0 Å². The summed E-state index contributed by atoms with van der Waals surface area (Å²) in [5.74, 6) is 1.19. The third-order valence-corrected chi connectivity index (χ3v) is 6.88. The van der Waals surface area contributed by atoms with Crippen LogP contribution in [0, 0.1) is 0 Å². The molecule has 2 aromatic rings. The van der Waals surface area contributed by atoms with Gasteiger partial charge in [0, 0.05) is 13.1 Å². The Balaban J connectivity index is 1.55. The standard InChI is InChI=1S/C24H36N6O8S2/c1-3-37-21-13-9-19(10-14-21)27-39(33,34)29-23(31)25-17-7-5-6-8-18-26-24(32)30-40(35,36)28-20-11-15-22(16-12-20)38-4-2/h9-16,27-28H,3-8,17-18H2,1-2H3,(H2,25,29,31)(H2,26,30,32). The van der Waals surface area contributed by atoms with Crippen LogP contribution in [-0.2, 0) is 20.4 Å². The molecule has 0 fully saturated rings. The highest BCUT2D eigenvalue weighted by Crippen LogP contribution is 2.17. The molecule has 0 aliphatic carbocycles. The normalized spacial score (nSPS) is 11.2. The number of carbonyl (C=O) groups excluding carboxylic acids is 2. The fraction of sp³-hybridized carbons (Fsp3) is 0.417. The molecule has 16 heteroatoms. The number of urea groups is 2. The van der Waals surface area contributed by atoms with Crippen LogP contribution in [0.2, 0.25) is 0 Å². The molecule has 0 aliphatic heterocycles. The molecule has 0 radical (unpaired) electrons. The number of ether oxygens (including phenoxy) is 2. The van der Waals surface area contributed by atoms with E-state index >= 15 is 0 Å². The van der Waals surface area contributed by atoms with E-state index in [0.29, 0.717) is 50.4 Å². The second kappa shape index (κ2) is 16.2. The van der Waals surface area contributed by atoms with Crippen molar-refractivity contribution in [2.75, 3.05) is 35.7 Å². The summed E-state index contributed by atoms with van der Waals surface area (Å²) in [6, 6.07) is 10.7. The average Bonchev–Trinajstić information content (AvgIpc) is 2.87. The van der Waals surface area contributed by atoms with Crippen LogP contribution < -0.4 is 39.0 Å². The van der Waals surface area contributed by atoms with Gasteiger partial charge in [0.25, 0.3) is 0 Å². The van der Waals surface area contributed by atoms with Gasteiger partial charge in [0.05, 0.1) is 24.6 Å². The van der Waals surface area contributed by atoms with Gasteiger partial charge >= 0.3 is 32.5 Å². The number of unbranched alkanes of at least 4 members (excludes halogenated alkanes) is 3. The quantitative estimate of drug-likeness (QED) is 0.149. The average molecular weight is 601 g/mol. The second-order valence-electron chi connectivity index (χ2n) is 8.26. The van der Waals surface area contributed by atoms with Crippen LogP contribution in [0.25, 0.3) is 0 Å². The molecular weight excluding hydrogens is 564 g/mol. The number of hydrogen-bond donors (Lipinski definition) is 6. The van der Waals surface area contributed by atoms with Gasteiger partial charge in [-0.05, 0) is 75.2 Å². The van der Waals surface area contributed by atoms with E-state index in [1.54, 1.807) is 24.3 Å². The fourth-order valence-corrected chi connectivity index (χ4v) is 4.88. The number of hydrogen-bond acceptors (Lipinski definition) is 8. The lowest BCUT2D eigenvalue weighted by Gasteiger charge is -2.11. The molecule has 0 bridgehead atoms. The zero-order valence-electron chi connectivity index (χ0n) is 22.4. The summed E-state index contributed by atoms with van der Waals surface area (Å²) in [5.41, 5.74) is 0.542. The summed E-state index contributed by atoms with van der Waals surface area (Å²) in [7, 11) is -8.22. The first-order valence-electron chi connectivity index (χ1n) is 12.6. The number of amides is 4. The minimum atomic E-state index is -4.11. The number of benzene rings is 2. The first kappa shape index (κ1) is 32.3. The molecule has 14 nitrogen and oxygen atoms in total. The molecule has 0 heterocycles. The Morgan fingerprint density at radius 1 is 0.600 bits per heavy atom. The molecule has 6 N–H and O–H groups in total. The molecule has 40 heavy (non-hydrogen) atoms. The van der Waals surface area contributed by atoms with Gasteiger partial charge in [0.15, 0.2) is 0 Å². The van der Waals surface area contributed by atoms with E-state index in [1.165, 1.54) is 24.3 Å². The second-order valence-corrected chi connectivity index (χ2v) is 11.1. The molecule has 4 amide bonds. The number of anilines is 2. The van der Waals surface area contributed by atoms with Crippen LogP contribution in [0.1, 0.15) is 39.5 Å². The first-order chi connectivity index (χ1) is 19.0. The molecule has 0 spiro atoms. The number of nitrogens with one attached hydrogen (secondary N) is 6. The van der Waals surface area contributed by atoms with Crippen LogP contribution >= 0.6 is 0 Å². The lowest BCUT2D eigenvalue weighted by molar-refractivity contribution is 0.244. The predicted octanol–water partition coefficient (Wildman–Crippen LogP) is 2.66. The lowest BCUT2D eigenvalue weighted by atomic mass is 10.2. The van der Waals surface area contributed by atoms with E-state index in [0.717, 1.165) is 0 Å². The molecule has 0 unspecified atom stereocenters. The van der Waals surface area contributed by atoms with Crippen molar-refractivity contribution in [3.05, 3.63) is 48.5 Å². The van der Waals surface area contributed by atoms with Gasteiger partial charge in [0.1, 0.15) is 11.5 Å². The van der Waals surface area contributed by atoms with Crippen LogP contribution in [0.15, 0.2) is 48.5 Å². The summed E-state index contributed by atoms with van der Waals surface area (Å²) in [5, 5.41) is 4.93. The maximum atomic E-state index is 12.1. The van der Waals surface area contributed by atoms with Crippen LogP contribution in [0.3, 0.4) is 0 Å². The Morgan fingerprint density at radius 2 is 0.950 bits per heavy atom. The third-order valence-electron chi connectivity index (χ3n) is 4.96. The smallest absolute Gasteiger partial charge is 0.329 e. The molecule has 0 aromatic heterocycles. The molecule has 0 saturated carbocycles. The van der Waals surface area contributed by atoms with E-state index in [1.807, 2.05) is 23.3 Å². The van der Waals surface area contributed by atoms with Crippen molar-refractivity contribution in [2.45, 2.75) is 39.5 Å². The molecule has 0 saturated heterocycles. The van der Waals surface area contributed by atoms with Gasteiger partial charge in [-0.25, -0.2) is 19.0 Å². The van der Waals surface area contributed by atoms with Crippen molar-refractivity contribution >= 4 is 43.9 Å². The van der Waals surface area contributed by atoms with E-state index in [4.69, 9.17) is 9.47 Å². The molecule has 2 aromatic carbocycles. The summed E-state index contributed by atoms with van der Waals surface area (Å²) in [6.45, 7) is 5.12. The topological polar surface area (TPSA) is 193 Å². The Hall–Kier alpha value is -3.92. The van der Waals surface area contributed by atoms with Gasteiger partial charge in [-0.3, -0.25) is 9.44 Å². The van der Waals surface area contributed by atoms with E-state index < -0.39 is 32.5 Å². The number of rotatable bonds is 17. The maximum absolute atomic E-state index is 12.1. The van der Waals surface area contributed by atoms with Crippen molar-refractivity contribution in [1.29, 1.82) is 0 Å². The summed E-state index contributed by atoms with van der Waals surface area (Å²) in [6.07, 6.45) is 2.54. The highest BCUT2D eigenvalue weighted by Gasteiger charge is 2.15. The predicted molar refractivity (Wildman–Crippen MR) is 152 cm³/mol. The van der Waals surface area contributed by atoms with E-state index in [2.05, 4.69) is 20.1 Å². The summed E-state index contributed by atoms with van der Waals surface area (Å²) in [4.78, 5) is 23.8. The van der Waals surface area contributed by atoms with Crippen molar-refractivity contribution in [3.8, 4) is 11.5 Å². The van der Waals surface area contributed by atoms with Crippen molar-refractivity contribution in [1.82, 2.24) is 20.1 Å². The first-order valence-corrected chi connectivity index (χ1v) is 15.6. The lowest BCUT2D eigenvalue weighted by Crippen LogP contribution is -2.42. The minimum Gasteiger partial charge on any atom is -0.494 e. The Kier molecular flexibility index (Phi) is 13.1. The van der Waals surface area contributed by atoms with E-state index in [9.17, 15) is 26.4 Å². The third kappa shape index (κ3) is 13.2. The molecule has 0 aliphatic rings. The zero-order chi connectivity index (χ0) is 29.4. The van der Waals surface area contributed by atoms with Gasteiger partial charge in [-0.15, -0.1) is 0 Å². The Morgan fingerprint density at radius 3 is 1.27 bits per heavy atom. The van der Waals surface area contributed by atoms with Crippen molar-refractivity contribution < 1.29 is 35.9 Å². The Bertz CT molecular complexity index is 1190. The Labute approximate surface area is 235 Å². The molecule has 0 atom stereocenters. The maximum Gasteiger partial charge on any atom is 0.329 e. The van der Waals surface area contributed by atoms with Gasteiger partial charge in [0.2, 0.25) is 0 Å². The minimum absolute atomic E-state index is 0.244. The van der Waals surface area contributed by atoms with Gasteiger partial charge in [-0.1, -0.05) is 12.8 Å². The highest BCUT2D eigenvalue weighted by atomic mass is 32.2. The number of carbonyl (C=O) groups is 2. The van der Waals surface area contributed by atoms with Gasteiger partial charge < -0.3 is 20.1 Å². The van der Waals surface area contributed by atoms with Crippen LogP contribution in [0.4, 0.5) is 21.0 Å². The molecule has 222 valence electrons. The van der Waals surface area contributed by atoms with Crippen molar-refractivity contribution in [3.63, 3.8) is 0 Å². The van der Waals surface area contributed by atoms with Gasteiger partial charge in [-0.2, -0.15) is 16.8 Å². The van der Waals surface area contributed by atoms with Crippen LogP contribution in [-0.4, -0.2) is 55.2 Å². The summed E-state index contributed by atoms with van der Waals surface area (Å²) >= 11 is 0. The van der Waals surface area contributed by atoms with Crippen LogP contribution in [0.5, 0.6) is 11.5 Å². The highest BCUT2D eigenvalue weighted by molar-refractivity contribution is 7.91.